The Bertz CT molecular complexity index is 972. The zero-order valence-corrected chi connectivity index (χ0v) is 16.4. The molecule has 0 bridgehead atoms. The van der Waals surface area contributed by atoms with E-state index in [1.165, 1.54) is 32.1 Å². The zero-order valence-electron chi connectivity index (χ0n) is 16.4. The predicted molar refractivity (Wildman–Crippen MR) is 110 cm³/mol. The Morgan fingerprint density at radius 1 is 1.21 bits per heavy atom. The first kappa shape index (κ1) is 18.5. The molecule has 1 amide bonds. The van der Waals surface area contributed by atoms with Gasteiger partial charge in [0, 0.05) is 18.0 Å². The molecule has 0 atom stereocenters. The highest BCUT2D eigenvalue weighted by Gasteiger charge is 2.14. The molecule has 1 fully saturated rings. The molecule has 1 saturated carbocycles. The van der Waals surface area contributed by atoms with Crippen LogP contribution in [-0.4, -0.2) is 27.3 Å². The van der Waals surface area contributed by atoms with Crippen molar-refractivity contribution in [2.24, 2.45) is 13.0 Å². The van der Waals surface area contributed by atoms with E-state index in [1.54, 1.807) is 23.0 Å². The van der Waals surface area contributed by atoms with E-state index < -0.39 is 0 Å². The summed E-state index contributed by atoms with van der Waals surface area (Å²) in [5, 5.41) is 8.20. The smallest absolute Gasteiger partial charge is 0.255 e. The molecule has 1 aliphatic rings. The van der Waals surface area contributed by atoms with Gasteiger partial charge in [-0.2, -0.15) is 5.10 Å². The van der Waals surface area contributed by atoms with Gasteiger partial charge in [-0.25, -0.2) is 4.98 Å². The number of hydrogen-bond acceptors (Lipinski definition) is 4. The fourth-order valence-electron chi connectivity index (χ4n) is 3.85. The van der Waals surface area contributed by atoms with Crippen molar-refractivity contribution < 1.29 is 9.53 Å². The van der Waals surface area contributed by atoms with Crippen molar-refractivity contribution in [2.45, 2.75) is 39.0 Å². The second-order valence-electron chi connectivity index (χ2n) is 7.60. The van der Waals surface area contributed by atoms with E-state index in [9.17, 15) is 4.79 Å². The number of nitrogens with one attached hydrogen (secondary N) is 1. The third kappa shape index (κ3) is 4.01. The number of rotatable bonds is 5. The third-order valence-corrected chi connectivity index (χ3v) is 5.45. The molecule has 2 aromatic heterocycles. The van der Waals surface area contributed by atoms with Gasteiger partial charge in [0.2, 0.25) is 0 Å². The lowest BCUT2D eigenvalue weighted by molar-refractivity contribution is 0.102. The van der Waals surface area contributed by atoms with E-state index in [1.807, 2.05) is 32.2 Å². The van der Waals surface area contributed by atoms with Crippen molar-refractivity contribution in [1.29, 1.82) is 0 Å². The minimum Gasteiger partial charge on any atom is -0.493 e. The second kappa shape index (κ2) is 8.00. The minimum absolute atomic E-state index is 0.165. The molecule has 6 nitrogen and oxygen atoms in total. The Morgan fingerprint density at radius 2 is 1.96 bits per heavy atom. The van der Waals surface area contributed by atoms with E-state index in [-0.39, 0.29) is 5.91 Å². The maximum atomic E-state index is 12.6. The van der Waals surface area contributed by atoms with Crippen molar-refractivity contribution in [3.63, 3.8) is 0 Å². The van der Waals surface area contributed by atoms with Gasteiger partial charge in [-0.3, -0.25) is 9.48 Å². The summed E-state index contributed by atoms with van der Waals surface area (Å²) in [7, 11) is 1.86. The Labute approximate surface area is 164 Å². The van der Waals surface area contributed by atoms with Crippen molar-refractivity contribution in [3.05, 3.63) is 47.8 Å². The summed E-state index contributed by atoms with van der Waals surface area (Å²) in [6.45, 7) is 2.70. The monoisotopic (exact) mass is 378 g/mol. The van der Waals surface area contributed by atoms with Crippen LogP contribution in [0.15, 0.2) is 36.5 Å². The second-order valence-corrected chi connectivity index (χ2v) is 7.60. The molecule has 0 saturated heterocycles. The Kier molecular flexibility index (Phi) is 5.28. The van der Waals surface area contributed by atoms with Crippen molar-refractivity contribution in [1.82, 2.24) is 14.8 Å². The van der Waals surface area contributed by atoms with Crippen LogP contribution < -0.4 is 10.1 Å². The van der Waals surface area contributed by atoms with Crippen LogP contribution in [-0.2, 0) is 7.05 Å². The molecule has 6 heteroatoms. The van der Waals surface area contributed by atoms with Gasteiger partial charge in [0.15, 0.2) is 5.65 Å². The van der Waals surface area contributed by atoms with Gasteiger partial charge in [-0.15, -0.1) is 0 Å². The largest absolute Gasteiger partial charge is 0.493 e. The highest BCUT2D eigenvalue weighted by molar-refractivity contribution is 6.05. The molecule has 0 radical (unpaired) electrons. The number of carbonyl (C=O) groups is 1. The van der Waals surface area contributed by atoms with Gasteiger partial charge in [-0.05, 0) is 56.0 Å². The molecule has 0 spiro atoms. The lowest BCUT2D eigenvalue weighted by Crippen LogP contribution is -2.15. The first-order valence-electron chi connectivity index (χ1n) is 9.94. The van der Waals surface area contributed by atoms with Crippen molar-refractivity contribution in [2.75, 3.05) is 11.9 Å². The van der Waals surface area contributed by atoms with E-state index in [0.717, 1.165) is 29.1 Å². The quantitative estimate of drug-likeness (QED) is 0.710. The van der Waals surface area contributed by atoms with Gasteiger partial charge in [0.05, 0.1) is 24.2 Å². The summed E-state index contributed by atoms with van der Waals surface area (Å²) >= 11 is 0. The summed E-state index contributed by atoms with van der Waals surface area (Å²) in [6.07, 6.45) is 8.15. The number of amides is 1. The number of aromatic nitrogens is 3. The summed E-state index contributed by atoms with van der Waals surface area (Å²) in [5.74, 6) is 1.31. The number of carbonyl (C=O) groups excluding carboxylic acids is 1. The number of hydrogen-bond donors (Lipinski definition) is 1. The van der Waals surface area contributed by atoms with Gasteiger partial charge < -0.3 is 10.1 Å². The van der Waals surface area contributed by atoms with Crippen LogP contribution in [0.1, 0.15) is 48.2 Å². The highest BCUT2D eigenvalue weighted by atomic mass is 16.5. The maximum absolute atomic E-state index is 12.6. The van der Waals surface area contributed by atoms with Crippen LogP contribution >= 0.6 is 0 Å². The van der Waals surface area contributed by atoms with E-state index in [0.29, 0.717) is 17.2 Å². The van der Waals surface area contributed by atoms with Crippen LogP contribution in [0.5, 0.6) is 5.75 Å². The van der Waals surface area contributed by atoms with Gasteiger partial charge in [-0.1, -0.05) is 19.3 Å². The van der Waals surface area contributed by atoms with Crippen LogP contribution in [0, 0.1) is 12.8 Å². The normalized spacial score (nSPS) is 14.9. The molecule has 0 aliphatic heterocycles. The fraction of sp³-hybridized carbons (Fsp3) is 0.409. The summed E-state index contributed by atoms with van der Waals surface area (Å²) < 4.78 is 7.65. The van der Waals surface area contributed by atoms with E-state index in [2.05, 4.69) is 15.4 Å². The van der Waals surface area contributed by atoms with Crippen LogP contribution in [0.2, 0.25) is 0 Å². The van der Waals surface area contributed by atoms with Gasteiger partial charge in [0.1, 0.15) is 5.75 Å². The Balaban J connectivity index is 1.38. The standard InChI is InChI=1S/C22H26N4O2/c1-15-20-12-18(13-23-21(20)26(2)25-15)24-22(27)17-8-10-19(11-9-17)28-14-16-6-4-3-5-7-16/h8-13,16H,3-7,14H2,1-2H3,(H,24,27). The summed E-state index contributed by atoms with van der Waals surface area (Å²) in [6, 6.07) is 9.23. The number of ether oxygens (including phenoxy) is 1. The highest BCUT2D eigenvalue weighted by Crippen LogP contribution is 2.25. The molecule has 28 heavy (non-hydrogen) atoms. The van der Waals surface area contributed by atoms with Crippen LogP contribution in [0.3, 0.4) is 0 Å². The maximum Gasteiger partial charge on any atom is 0.255 e. The zero-order chi connectivity index (χ0) is 19.5. The number of nitrogens with zero attached hydrogens (tertiary/aromatic N) is 3. The number of benzene rings is 1. The molecule has 3 aromatic rings. The average Bonchev–Trinajstić information content (AvgIpc) is 3.01. The fourth-order valence-corrected chi connectivity index (χ4v) is 3.85. The van der Waals surface area contributed by atoms with Gasteiger partial charge >= 0.3 is 0 Å². The average molecular weight is 378 g/mol. The lowest BCUT2D eigenvalue weighted by Gasteiger charge is -2.21. The van der Waals surface area contributed by atoms with E-state index >= 15 is 0 Å². The topological polar surface area (TPSA) is 69.0 Å². The number of anilines is 1. The molecule has 2 heterocycles. The number of pyridine rings is 1. The number of fused-ring (bicyclic) bond motifs is 1. The molecular formula is C22H26N4O2. The van der Waals surface area contributed by atoms with Gasteiger partial charge in [0.25, 0.3) is 5.91 Å². The summed E-state index contributed by atoms with van der Waals surface area (Å²) in [4.78, 5) is 17.0. The molecule has 146 valence electrons. The van der Waals surface area contributed by atoms with Crippen molar-refractivity contribution in [3.8, 4) is 5.75 Å². The van der Waals surface area contributed by atoms with Crippen molar-refractivity contribution >= 4 is 22.6 Å². The summed E-state index contributed by atoms with van der Waals surface area (Å²) in [5.41, 5.74) is 2.94. The minimum atomic E-state index is -0.165. The Hall–Kier alpha value is -2.89. The number of aryl methyl sites for hydroxylation is 2. The Morgan fingerprint density at radius 3 is 2.71 bits per heavy atom. The first-order chi connectivity index (χ1) is 13.6. The molecule has 0 unspecified atom stereocenters. The molecular weight excluding hydrogens is 352 g/mol. The lowest BCUT2D eigenvalue weighted by atomic mass is 9.90. The van der Waals surface area contributed by atoms with Crippen LogP contribution in [0.4, 0.5) is 5.69 Å². The molecule has 1 aromatic carbocycles. The van der Waals surface area contributed by atoms with Crippen LogP contribution in [0.25, 0.3) is 11.0 Å². The molecule has 4 rings (SSSR count). The third-order valence-electron chi connectivity index (χ3n) is 5.45. The molecule has 1 aliphatic carbocycles. The SMILES string of the molecule is Cc1nn(C)c2ncc(NC(=O)c3ccc(OCC4CCCCC4)cc3)cc12. The molecule has 1 N–H and O–H groups in total. The first-order valence-corrected chi connectivity index (χ1v) is 9.94. The van der Waals surface area contributed by atoms with E-state index in [4.69, 9.17) is 4.74 Å². The predicted octanol–water partition coefficient (Wildman–Crippen LogP) is 4.49.